The molecule has 2 rings (SSSR count). The molecule has 1 aromatic heterocycles. The van der Waals surface area contributed by atoms with Gasteiger partial charge in [0.1, 0.15) is 0 Å². The third-order valence-electron chi connectivity index (χ3n) is 2.01. The van der Waals surface area contributed by atoms with Crippen molar-refractivity contribution in [1.29, 1.82) is 0 Å². The van der Waals surface area contributed by atoms with Crippen molar-refractivity contribution in [3.8, 4) is 0 Å². The lowest BCUT2D eigenvalue weighted by Gasteiger charge is -1.98. The van der Waals surface area contributed by atoms with Crippen molar-refractivity contribution in [2.45, 2.75) is 0 Å². The van der Waals surface area contributed by atoms with Gasteiger partial charge in [-0.05, 0) is 46.4 Å². The molecule has 1 heterocycles. The van der Waals surface area contributed by atoms with E-state index in [-0.39, 0.29) is 0 Å². The van der Waals surface area contributed by atoms with Crippen molar-refractivity contribution in [3.05, 3.63) is 66.0 Å². The second-order valence-electron chi connectivity index (χ2n) is 3.11. The standard InChI is InChI=1S/C13H10IN/c14-13(11-6-2-1-3-7-11)10-12-8-4-5-9-15-12/h1-10H/b13-10+. The van der Waals surface area contributed by atoms with Crippen LogP contribution >= 0.6 is 22.6 Å². The van der Waals surface area contributed by atoms with Crippen molar-refractivity contribution in [1.82, 2.24) is 4.98 Å². The van der Waals surface area contributed by atoms with Gasteiger partial charge in [0.05, 0.1) is 5.69 Å². The van der Waals surface area contributed by atoms with Crippen molar-refractivity contribution in [2.75, 3.05) is 0 Å². The highest BCUT2D eigenvalue weighted by Gasteiger charge is 1.96. The summed E-state index contributed by atoms with van der Waals surface area (Å²) in [6, 6.07) is 16.2. The maximum Gasteiger partial charge on any atom is 0.0640 e. The summed E-state index contributed by atoms with van der Waals surface area (Å²) in [5.41, 5.74) is 2.22. The molecule has 0 aliphatic rings. The zero-order valence-corrected chi connectivity index (χ0v) is 10.3. The molecule has 0 saturated heterocycles. The average molecular weight is 307 g/mol. The zero-order valence-electron chi connectivity index (χ0n) is 8.10. The smallest absolute Gasteiger partial charge is 0.0640 e. The van der Waals surface area contributed by atoms with Crippen molar-refractivity contribution >= 4 is 32.2 Å². The highest BCUT2D eigenvalue weighted by atomic mass is 127. The lowest BCUT2D eigenvalue weighted by atomic mass is 10.2. The van der Waals surface area contributed by atoms with Gasteiger partial charge in [0, 0.05) is 9.78 Å². The molecule has 0 amide bonds. The summed E-state index contributed by atoms with van der Waals surface area (Å²) >= 11 is 2.33. The summed E-state index contributed by atoms with van der Waals surface area (Å²) in [5, 5.41) is 0. The largest absolute Gasteiger partial charge is 0.257 e. The molecule has 0 spiro atoms. The minimum absolute atomic E-state index is 0.991. The zero-order chi connectivity index (χ0) is 10.5. The summed E-state index contributed by atoms with van der Waals surface area (Å²) in [6.45, 7) is 0. The Hall–Kier alpha value is -1.16. The lowest BCUT2D eigenvalue weighted by Crippen LogP contribution is -1.79. The van der Waals surface area contributed by atoms with Crippen molar-refractivity contribution in [2.24, 2.45) is 0 Å². The molecule has 0 N–H and O–H groups in total. The molecule has 0 unspecified atom stereocenters. The van der Waals surface area contributed by atoms with E-state index >= 15 is 0 Å². The van der Waals surface area contributed by atoms with Crippen LogP contribution in [0.3, 0.4) is 0 Å². The Kier molecular flexibility index (Phi) is 3.50. The summed E-state index contributed by atoms with van der Waals surface area (Å²) in [5.74, 6) is 0. The van der Waals surface area contributed by atoms with E-state index in [0.29, 0.717) is 0 Å². The van der Waals surface area contributed by atoms with Crippen LogP contribution in [0.25, 0.3) is 9.66 Å². The Balaban J connectivity index is 2.29. The van der Waals surface area contributed by atoms with E-state index < -0.39 is 0 Å². The molecule has 1 nitrogen and oxygen atoms in total. The number of pyridine rings is 1. The number of aromatic nitrogens is 1. The Morgan fingerprint density at radius 3 is 2.40 bits per heavy atom. The van der Waals surface area contributed by atoms with E-state index in [1.165, 1.54) is 9.14 Å². The number of benzene rings is 1. The first-order valence-corrected chi connectivity index (χ1v) is 5.78. The van der Waals surface area contributed by atoms with Crippen molar-refractivity contribution in [3.63, 3.8) is 0 Å². The Morgan fingerprint density at radius 2 is 1.73 bits per heavy atom. The van der Waals surface area contributed by atoms with Gasteiger partial charge in [-0.3, -0.25) is 4.98 Å². The Morgan fingerprint density at radius 1 is 1.00 bits per heavy atom. The maximum absolute atomic E-state index is 4.26. The molecule has 1 aromatic carbocycles. The molecule has 15 heavy (non-hydrogen) atoms. The topological polar surface area (TPSA) is 12.9 Å². The van der Waals surface area contributed by atoms with Gasteiger partial charge in [-0.15, -0.1) is 0 Å². The predicted molar refractivity (Wildman–Crippen MR) is 72.6 cm³/mol. The van der Waals surface area contributed by atoms with Crippen LogP contribution in [0.1, 0.15) is 11.3 Å². The predicted octanol–water partition coefficient (Wildman–Crippen LogP) is 4.01. The average Bonchev–Trinajstić information content (AvgIpc) is 2.31. The van der Waals surface area contributed by atoms with Crippen LogP contribution in [-0.2, 0) is 0 Å². The quantitative estimate of drug-likeness (QED) is 0.764. The Labute approximate surface area is 103 Å². The minimum atomic E-state index is 0.991. The van der Waals surface area contributed by atoms with E-state index in [1.807, 2.05) is 36.4 Å². The minimum Gasteiger partial charge on any atom is -0.257 e. The van der Waals surface area contributed by atoms with E-state index in [9.17, 15) is 0 Å². The molecule has 74 valence electrons. The van der Waals surface area contributed by atoms with Gasteiger partial charge < -0.3 is 0 Å². The van der Waals surface area contributed by atoms with E-state index in [2.05, 4.69) is 45.8 Å². The second-order valence-corrected chi connectivity index (χ2v) is 4.28. The number of nitrogens with zero attached hydrogens (tertiary/aromatic N) is 1. The first-order valence-electron chi connectivity index (χ1n) is 4.70. The number of halogens is 1. The second kappa shape index (κ2) is 5.07. The van der Waals surface area contributed by atoms with Crippen LogP contribution in [0.5, 0.6) is 0 Å². The Bertz CT molecular complexity index is 448. The van der Waals surface area contributed by atoms with E-state index in [4.69, 9.17) is 0 Å². The summed E-state index contributed by atoms with van der Waals surface area (Å²) in [6.07, 6.45) is 3.89. The van der Waals surface area contributed by atoms with Gasteiger partial charge in [0.25, 0.3) is 0 Å². The molecule has 0 radical (unpaired) electrons. The lowest BCUT2D eigenvalue weighted by molar-refractivity contribution is 1.30. The van der Waals surface area contributed by atoms with Gasteiger partial charge in [-0.25, -0.2) is 0 Å². The van der Waals surface area contributed by atoms with Crippen LogP contribution in [0, 0.1) is 0 Å². The first kappa shape index (κ1) is 10.4. The fourth-order valence-corrected chi connectivity index (χ4v) is 1.95. The van der Waals surface area contributed by atoms with Gasteiger partial charge >= 0.3 is 0 Å². The SMILES string of the molecule is I/C(=C/c1ccccn1)c1ccccc1. The van der Waals surface area contributed by atoms with E-state index in [0.717, 1.165) is 5.69 Å². The van der Waals surface area contributed by atoms with Crippen LogP contribution in [0.2, 0.25) is 0 Å². The monoisotopic (exact) mass is 307 g/mol. The van der Waals surface area contributed by atoms with Gasteiger partial charge in [-0.2, -0.15) is 0 Å². The summed E-state index contributed by atoms with van der Waals surface area (Å²) in [7, 11) is 0. The molecular weight excluding hydrogens is 297 g/mol. The molecule has 2 aromatic rings. The van der Waals surface area contributed by atoms with Crippen molar-refractivity contribution < 1.29 is 0 Å². The maximum atomic E-state index is 4.26. The van der Waals surface area contributed by atoms with E-state index in [1.54, 1.807) is 6.20 Å². The fraction of sp³-hybridized carbons (Fsp3) is 0. The van der Waals surface area contributed by atoms with Crippen LogP contribution in [-0.4, -0.2) is 4.98 Å². The first-order chi connectivity index (χ1) is 7.36. The third kappa shape index (κ3) is 2.89. The number of hydrogen-bond donors (Lipinski definition) is 0. The molecular formula is C13H10IN. The molecule has 0 aliphatic carbocycles. The highest BCUT2D eigenvalue weighted by Crippen LogP contribution is 2.23. The normalized spacial score (nSPS) is 11.4. The van der Waals surface area contributed by atoms with Crippen LogP contribution in [0.15, 0.2) is 54.7 Å². The summed E-state index contributed by atoms with van der Waals surface area (Å²) in [4.78, 5) is 4.26. The number of hydrogen-bond acceptors (Lipinski definition) is 1. The molecule has 0 aliphatic heterocycles. The number of rotatable bonds is 2. The fourth-order valence-electron chi connectivity index (χ4n) is 1.27. The molecule has 0 atom stereocenters. The van der Waals surface area contributed by atoms with Gasteiger partial charge in [0.2, 0.25) is 0 Å². The van der Waals surface area contributed by atoms with Gasteiger partial charge in [0.15, 0.2) is 0 Å². The van der Waals surface area contributed by atoms with Crippen LogP contribution in [0.4, 0.5) is 0 Å². The highest BCUT2D eigenvalue weighted by molar-refractivity contribution is 14.1. The van der Waals surface area contributed by atoms with Crippen LogP contribution < -0.4 is 0 Å². The molecule has 0 bridgehead atoms. The van der Waals surface area contributed by atoms with Gasteiger partial charge in [-0.1, -0.05) is 36.4 Å². The third-order valence-corrected chi connectivity index (χ3v) is 2.95. The molecule has 0 saturated carbocycles. The molecule has 0 fully saturated rings. The summed E-state index contributed by atoms with van der Waals surface area (Å²) < 4.78 is 1.20. The molecule has 2 heteroatoms.